The minimum atomic E-state index is 0.207. The van der Waals surface area contributed by atoms with E-state index in [-0.39, 0.29) is 6.10 Å². The van der Waals surface area contributed by atoms with E-state index in [4.69, 9.17) is 21.1 Å². The Morgan fingerprint density at radius 2 is 2.10 bits per heavy atom. The first kappa shape index (κ1) is 21.0. The maximum absolute atomic E-state index is 6.26. The Labute approximate surface area is 182 Å². The summed E-state index contributed by atoms with van der Waals surface area (Å²) in [4.78, 5) is 13.5. The molecule has 162 valence electrons. The van der Waals surface area contributed by atoms with Crippen molar-refractivity contribution in [2.45, 2.75) is 18.9 Å². The first-order chi connectivity index (χ1) is 14.6. The Morgan fingerprint density at radius 1 is 1.27 bits per heavy atom. The molecule has 0 spiro atoms. The predicted molar refractivity (Wildman–Crippen MR) is 120 cm³/mol. The summed E-state index contributed by atoms with van der Waals surface area (Å²) >= 11 is 6.26. The number of aromatic nitrogens is 2. The fourth-order valence-corrected chi connectivity index (χ4v) is 3.92. The Morgan fingerprint density at radius 3 is 2.83 bits per heavy atom. The van der Waals surface area contributed by atoms with Crippen molar-refractivity contribution in [1.82, 2.24) is 14.9 Å². The number of methoxy groups -OCH3 is 1. The lowest BCUT2D eigenvalue weighted by atomic mass is 10.2. The van der Waals surface area contributed by atoms with Crippen LogP contribution in [0, 0.1) is 0 Å². The van der Waals surface area contributed by atoms with Crippen molar-refractivity contribution < 1.29 is 9.47 Å². The fourth-order valence-electron chi connectivity index (χ4n) is 3.76. The Hall–Kier alpha value is -2.29. The smallest absolute Gasteiger partial charge is 0.229 e. The third-order valence-electron chi connectivity index (χ3n) is 5.55. The number of rotatable bonds is 7. The molecule has 0 radical (unpaired) electrons. The lowest BCUT2D eigenvalue weighted by Gasteiger charge is -2.34. The van der Waals surface area contributed by atoms with Gasteiger partial charge in [-0.05, 0) is 32.0 Å². The first-order valence-corrected chi connectivity index (χ1v) is 10.8. The van der Waals surface area contributed by atoms with Crippen LogP contribution in [0.3, 0.4) is 0 Å². The minimum absolute atomic E-state index is 0.207. The van der Waals surface area contributed by atoms with Gasteiger partial charge in [-0.3, -0.25) is 0 Å². The average molecular weight is 433 g/mol. The molecule has 4 rings (SSSR count). The predicted octanol–water partition coefficient (Wildman–Crippen LogP) is 3.22. The molecule has 0 saturated carbocycles. The highest BCUT2D eigenvalue weighted by atomic mass is 35.5. The summed E-state index contributed by atoms with van der Waals surface area (Å²) in [7, 11) is 3.85. The van der Waals surface area contributed by atoms with Gasteiger partial charge < -0.3 is 29.9 Å². The monoisotopic (exact) mass is 432 g/mol. The Bertz CT molecular complexity index is 853. The summed E-state index contributed by atoms with van der Waals surface area (Å²) in [5, 5.41) is 7.02. The summed E-state index contributed by atoms with van der Waals surface area (Å²) in [6.07, 6.45) is 3.96. The number of ether oxygens (including phenoxy) is 2. The van der Waals surface area contributed by atoms with Gasteiger partial charge >= 0.3 is 0 Å². The second-order valence-electron chi connectivity index (χ2n) is 7.71. The highest BCUT2D eigenvalue weighted by Crippen LogP contribution is 2.33. The zero-order valence-corrected chi connectivity index (χ0v) is 18.3. The topological polar surface area (TPSA) is 74.8 Å². The maximum Gasteiger partial charge on any atom is 0.229 e. The molecular formula is C21H29ClN6O2. The van der Waals surface area contributed by atoms with Crippen molar-refractivity contribution in [3.8, 4) is 5.75 Å². The van der Waals surface area contributed by atoms with E-state index in [1.165, 1.54) is 0 Å². The van der Waals surface area contributed by atoms with E-state index in [0.717, 1.165) is 62.8 Å². The summed E-state index contributed by atoms with van der Waals surface area (Å²) in [5.74, 6) is 1.91. The zero-order valence-electron chi connectivity index (χ0n) is 17.5. The molecule has 2 saturated heterocycles. The highest BCUT2D eigenvalue weighted by Gasteiger charge is 2.19. The SMILES string of the molecule is COc1cc(Nc2ncc(Cl)c(NCC3CCCO3)n2)ccc1N1CCN(C)CC1. The second-order valence-corrected chi connectivity index (χ2v) is 8.12. The first-order valence-electron chi connectivity index (χ1n) is 10.4. The molecule has 0 aliphatic carbocycles. The van der Waals surface area contributed by atoms with E-state index in [9.17, 15) is 0 Å². The standard InChI is InChI=1S/C21H29ClN6O2/c1-27-7-9-28(10-8-27)18-6-5-15(12-19(18)29-2)25-21-24-14-17(22)20(26-21)23-13-16-4-3-11-30-16/h5-6,12,14,16H,3-4,7-11,13H2,1-2H3,(H2,23,24,25,26). The minimum Gasteiger partial charge on any atom is -0.495 e. The molecule has 1 aromatic carbocycles. The largest absolute Gasteiger partial charge is 0.495 e. The van der Waals surface area contributed by atoms with Gasteiger partial charge in [0.15, 0.2) is 5.82 Å². The van der Waals surface area contributed by atoms with Crippen molar-refractivity contribution >= 4 is 34.7 Å². The van der Waals surface area contributed by atoms with Gasteiger partial charge in [0.25, 0.3) is 0 Å². The lowest BCUT2D eigenvalue weighted by Crippen LogP contribution is -2.44. The van der Waals surface area contributed by atoms with Gasteiger partial charge in [-0.1, -0.05) is 11.6 Å². The Kier molecular flexibility index (Phi) is 6.76. The summed E-state index contributed by atoms with van der Waals surface area (Å²) in [5.41, 5.74) is 1.96. The van der Waals surface area contributed by atoms with Crippen molar-refractivity contribution in [2.24, 2.45) is 0 Å². The van der Waals surface area contributed by atoms with E-state index in [1.54, 1.807) is 13.3 Å². The normalized spacial score (nSPS) is 19.7. The fraction of sp³-hybridized carbons (Fsp3) is 0.524. The molecular weight excluding hydrogens is 404 g/mol. The van der Waals surface area contributed by atoms with Gasteiger partial charge in [0.05, 0.1) is 25.1 Å². The third-order valence-corrected chi connectivity index (χ3v) is 5.82. The molecule has 1 aromatic heterocycles. The number of hydrogen-bond donors (Lipinski definition) is 2. The van der Waals surface area contributed by atoms with Gasteiger partial charge in [-0.25, -0.2) is 4.98 Å². The molecule has 1 atom stereocenters. The summed E-state index contributed by atoms with van der Waals surface area (Å²) < 4.78 is 11.3. The quantitative estimate of drug-likeness (QED) is 0.690. The molecule has 8 nitrogen and oxygen atoms in total. The van der Waals surface area contributed by atoms with Gasteiger partial charge in [0.2, 0.25) is 5.95 Å². The van der Waals surface area contributed by atoms with Crippen LogP contribution >= 0.6 is 11.6 Å². The maximum atomic E-state index is 6.26. The van der Waals surface area contributed by atoms with E-state index in [1.807, 2.05) is 12.1 Å². The van der Waals surface area contributed by atoms with Gasteiger partial charge in [-0.15, -0.1) is 0 Å². The molecule has 2 N–H and O–H groups in total. The molecule has 1 unspecified atom stereocenters. The highest BCUT2D eigenvalue weighted by molar-refractivity contribution is 6.32. The molecule has 2 fully saturated rings. The Balaban J connectivity index is 1.45. The van der Waals surface area contributed by atoms with Crippen LogP contribution in [0.15, 0.2) is 24.4 Å². The van der Waals surface area contributed by atoms with Crippen LogP contribution in [0.2, 0.25) is 5.02 Å². The number of halogens is 1. The molecule has 30 heavy (non-hydrogen) atoms. The van der Waals surface area contributed by atoms with E-state index >= 15 is 0 Å². The number of benzene rings is 1. The molecule has 0 bridgehead atoms. The van der Waals surface area contributed by atoms with E-state index in [2.05, 4.69) is 43.5 Å². The summed E-state index contributed by atoms with van der Waals surface area (Å²) in [6.45, 7) is 5.57. The van der Waals surface area contributed by atoms with Crippen LogP contribution in [0.1, 0.15) is 12.8 Å². The van der Waals surface area contributed by atoms with Crippen LogP contribution in [0.5, 0.6) is 5.75 Å². The molecule has 2 aliphatic heterocycles. The van der Waals surface area contributed by atoms with Crippen LogP contribution in [0.25, 0.3) is 0 Å². The molecule has 9 heteroatoms. The van der Waals surface area contributed by atoms with Crippen LogP contribution in [0.4, 0.5) is 23.1 Å². The second kappa shape index (κ2) is 9.68. The number of nitrogens with zero attached hydrogens (tertiary/aromatic N) is 4. The lowest BCUT2D eigenvalue weighted by molar-refractivity contribution is 0.120. The van der Waals surface area contributed by atoms with Crippen molar-refractivity contribution in [3.63, 3.8) is 0 Å². The van der Waals surface area contributed by atoms with E-state index < -0.39 is 0 Å². The van der Waals surface area contributed by atoms with E-state index in [0.29, 0.717) is 23.3 Å². The van der Waals surface area contributed by atoms with Crippen molar-refractivity contribution in [3.05, 3.63) is 29.4 Å². The van der Waals surface area contributed by atoms with Crippen LogP contribution < -0.4 is 20.3 Å². The molecule has 2 aliphatic rings. The van der Waals surface area contributed by atoms with Crippen molar-refractivity contribution in [1.29, 1.82) is 0 Å². The van der Waals surface area contributed by atoms with Crippen LogP contribution in [-0.4, -0.2) is 74.5 Å². The number of nitrogens with one attached hydrogen (secondary N) is 2. The van der Waals surface area contributed by atoms with Crippen LogP contribution in [-0.2, 0) is 4.74 Å². The third kappa shape index (κ3) is 5.06. The van der Waals surface area contributed by atoms with Crippen molar-refractivity contribution in [2.75, 3.05) is 69.0 Å². The van der Waals surface area contributed by atoms with Gasteiger partial charge in [-0.2, -0.15) is 4.98 Å². The number of piperazine rings is 1. The van der Waals surface area contributed by atoms with Gasteiger partial charge in [0.1, 0.15) is 10.8 Å². The molecule has 3 heterocycles. The molecule has 0 amide bonds. The zero-order chi connectivity index (χ0) is 20.9. The average Bonchev–Trinajstić information content (AvgIpc) is 3.28. The van der Waals surface area contributed by atoms with Gasteiger partial charge in [0, 0.05) is 51.1 Å². The number of hydrogen-bond acceptors (Lipinski definition) is 8. The molecule has 2 aromatic rings. The number of likely N-dealkylation sites (N-methyl/N-ethyl adjacent to an activating group) is 1. The summed E-state index contributed by atoms with van der Waals surface area (Å²) in [6, 6.07) is 6.08. The number of anilines is 4.